The molecular formula is C25H30O5P2. The smallest absolute Gasteiger partial charge is 0.365 e. The van der Waals surface area contributed by atoms with Gasteiger partial charge < -0.3 is 18.3 Å². The molecule has 0 aliphatic carbocycles. The van der Waals surface area contributed by atoms with Crippen LogP contribution in [-0.2, 0) is 24.6 Å². The summed E-state index contributed by atoms with van der Waals surface area (Å²) in [5.41, 5.74) is 0.987. The molecule has 3 rings (SSSR count). The Bertz CT molecular complexity index is 1050. The number of hydrogen-bond acceptors (Lipinski definition) is 5. The molecule has 0 saturated carbocycles. The highest BCUT2D eigenvalue weighted by Gasteiger charge is 2.33. The Kier molecular flexibility index (Phi) is 8.51. The van der Waals surface area contributed by atoms with Crippen molar-refractivity contribution in [3.05, 3.63) is 84.4 Å². The summed E-state index contributed by atoms with van der Waals surface area (Å²) in [5.74, 6) is 0.361. The third-order valence-corrected chi connectivity index (χ3v) is 9.97. The van der Waals surface area contributed by atoms with Crippen LogP contribution in [-0.4, -0.2) is 19.6 Å². The Hall–Kier alpha value is -2.16. The van der Waals surface area contributed by atoms with Gasteiger partial charge in [0.1, 0.15) is 17.4 Å². The fourth-order valence-electron chi connectivity index (χ4n) is 3.43. The van der Waals surface area contributed by atoms with E-state index in [4.69, 9.17) is 13.8 Å². The lowest BCUT2D eigenvalue weighted by Crippen LogP contribution is -2.23. The summed E-state index contributed by atoms with van der Waals surface area (Å²) in [6.45, 7) is 6.04. The third kappa shape index (κ3) is 5.42. The predicted molar refractivity (Wildman–Crippen MR) is 132 cm³/mol. The molecule has 32 heavy (non-hydrogen) atoms. The van der Waals surface area contributed by atoms with Crippen molar-refractivity contribution in [1.29, 1.82) is 0 Å². The minimum atomic E-state index is -3.59. The van der Waals surface area contributed by atoms with Gasteiger partial charge in [-0.25, -0.2) is 0 Å². The zero-order chi connectivity index (χ0) is 23.0. The first-order valence-corrected chi connectivity index (χ1v) is 14.3. The Morgan fingerprint density at radius 3 is 1.72 bits per heavy atom. The first kappa shape index (κ1) is 24.5. The summed E-state index contributed by atoms with van der Waals surface area (Å²) >= 11 is 0. The van der Waals surface area contributed by atoms with E-state index in [1.807, 2.05) is 73.7 Å². The number of ether oxygens (including phenoxy) is 1. The van der Waals surface area contributed by atoms with E-state index in [-0.39, 0.29) is 19.6 Å². The molecule has 0 atom stereocenters. The lowest BCUT2D eigenvalue weighted by molar-refractivity contribution is 0.229. The summed E-state index contributed by atoms with van der Waals surface area (Å²) in [6, 6.07) is 24.1. The zero-order valence-electron chi connectivity index (χ0n) is 18.8. The largest absolute Gasteiger partial charge is 0.484 e. The summed E-state index contributed by atoms with van der Waals surface area (Å²) in [4.78, 5) is 0. The average Bonchev–Trinajstić information content (AvgIpc) is 2.84. The summed E-state index contributed by atoms with van der Waals surface area (Å²) < 4.78 is 45.2. The molecule has 5 nitrogen and oxygen atoms in total. The SMILES string of the molecule is CCOP(=O)(OCC)c1cc(CC)ccc1OCP(=O)(c1ccccc1)c1ccccc1. The van der Waals surface area contributed by atoms with Gasteiger partial charge in [0.2, 0.25) is 0 Å². The maximum Gasteiger partial charge on any atom is 0.365 e. The van der Waals surface area contributed by atoms with Crippen LogP contribution in [0.5, 0.6) is 5.75 Å². The third-order valence-electron chi connectivity index (χ3n) is 5.07. The Labute approximate surface area is 190 Å². The van der Waals surface area contributed by atoms with Gasteiger partial charge in [0.15, 0.2) is 7.14 Å². The zero-order valence-corrected chi connectivity index (χ0v) is 20.6. The molecule has 0 bridgehead atoms. The van der Waals surface area contributed by atoms with Crippen LogP contribution in [0.15, 0.2) is 78.9 Å². The van der Waals surface area contributed by atoms with Crippen LogP contribution in [0.1, 0.15) is 26.3 Å². The van der Waals surface area contributed by atoms with E-state index in [9.17, 15) is 9.13 Å². The summed E-state index contributed by atoms with van der Waals surface area (Å²) in [5, 5.41) is 1.78. The number of hydrogen-bond donors (Lipinski definition) is 0. The van der Waals surface area contributed by atoms with Crippen LogP contribution < -0.4 is 20.7 Å². The van der Waals surface area contributed by atoms with Crippen molar-refractivity contribution in [3.8, 4) is 5.75 Å². The van der Waals surface area contributed by atoms with Gasteiger partial charge in [-0.15, -0.1) is 0 Å². The average molecular weight is 472 g/mol. The number of benzene rings is 3. The normalized spacial score (nSPS) is 12.0. The molecule has 0 radical (unpaired) electrons. The minimum absolute atomic E-state index is 0.0717. The molecule has 3 aromatic rings. The molecule has 0 spiro atoms. The van der Waals surface area contributed by atoms with Crippen molar-refractivity contribution < 1.29 is 22.9 Å². The number of rotatable bonds is 11. The van der Waals surface area contributed by atoms with Crippen molar-refractivity contribution in [2.45, 2.75) is 27.2 Å². The predicted octanol–water partition coefficient (Wildman–Crippen LogP) is 5.49. The highest BCUT2D eigenvalue weighted by molar-refractivity contribution is 7.78. The second-order valence-electron chi connectivity index (χ2n) is 7.17. The molecule has 0 aliphatic heterocycles. The van der Waals surface area contributed by atoms with E-state index in [2.05, 4.69) is 0 Å². The van der Waals surface area contributed by atoms with Crippen LogP contribution in [0.3, 0.4) is 0 Å². The molecule has 3 aromatic carbocycles. The van der Waals surface area contributed by atoms with Crippen molar-refractivity contribution in [2.24, 2.45) is 0 Å². The van der Waals surface area contributed by atoms with Gasteiger partial charge in [-0.2, -0.15) is 0 Å². The second kappa shape index (κ2) is 11.1. The lowest BCUT2D eigenvalue weighted by Gasteiger charge is -2.23. The molecule has 0 fully saturated rings. The highest BCUT2D eigenvalue weighted by atomic mass is 31.2. The van der Waals surface area contributed by atoms with Gasteiger partial charge in [0, 0.05) is 10.6 Å². The fraction of sp³-hybridized carbons (Fsp3) is 0.280. The van der Waals surface area contributed by atoms with Gasteiger partial charge >= 0.3 is 7.60 Å². The first-order chi connectivity index (χ1) is 15.5. The molecule has 0 N–H and O–H groups in total. The Balaban J connectivity index is 2.04. The fourth-order valence-corrected chi connectivity index (χ4v) is 7.42. The number of aryl methyl sites for hydroxylation is 1. The van der Waals surface area contributed by atoms with Crippen molar-refractivity contribution in [3.63, 3.8) is 0 Å². The molecular weight excluding hydrogens is 442 g/mol. The quantitative estimate of drug-likeness (QED) is 0.346. The van der Waals surface area contributed by atoms with Gasteiger partial charge in [-0.05, 0) is 38.0 Å². The van der Waals surface area contributed by atoms with Crippen molar-refractivity contribution in [1.82, 2.24) is 0 Å². The molecule has 0 heterocycles. The first-order valence-electron chi connectivity index (χ1n) is 10.8. The molecule has 0 saturated heterocycles. The van der Waals surface area contributed by atoms with Gasteiger partial charge in [-0.3, -0.25) is 4.57 Å². The van der Waals surface area contributed by atoms with Gasteiger partial charge in [-0.1, -0.05) is 73.7 Å². The Morgan fingerprint density at radius 2 is 1.25 bits per heavy atom. The van der Waals surface area contributed by atoms with Crippen LogP contribution in [0, 0.1) is 0 Å². The summed E-state index contributed by atoms with van der Waals surface area (Å²) in [6.07, 6.45) is 0.690. The maximum atomic E-state index is 14.3. The van der Waals surface area contributed by atoms with Crippen LogP contribution in [0.4, 0.5) is 0 Å². The highest BCUT2D eigenvalue weighted by Crippen LogP contribution is 2.50. The van der Waals surface area contributed by atoms with Crippen LogP contribution in [0.25, 0.3) is 0 Å². The standard InChI is InChI=1S/C25H30O5P2/c1-4-21-17-18-24(25(19-21)32(27,29-5-2)30-6-3)28-20-31(26,22-13-9-7-10-14-22)23-15-11-8-12-16-23/h7-19H,4-6,20H2,1-3H3. The van der Waals surface area contributed by atoms with Crippen molar-refractivity contribution >= 4 is 30.7 Å². The molecule has 0 amide bonds. The maximum absolute atomic E-state index is 14.3. The van der Waals surface area contributed by atoms with Gasteiger partial charge in [0.25, 0.3) is 0 Å². The minimum Gasteiger partial charge on any atom is -0.484 e. The molecule has 0 unspecified atom stereocenters. The lowest BCUT2D eigenvalue weighted by atomic mass is 10.2. The molecule has 7 heteroatoms. The van der Waals surface area contributed by atoms with E-state index in [1.54, 1.807) is 26.0 Å². The van der Waals surface area contributed by atoms with E-state index in [0.29, 0.717) is 21.7 Å². The Morgan fingerprint density at radius 1 is 0.719 bits per heavy atom. The molecule has 0 aliphatic rings. The monoisotopic (exact) mass is 472 g/mol. The van der Waals surface area contributed by atoms with Gasteiger partial charge in [0.05, 0.1) is 13.2 Å². The van der Waals surface area contributed by atoms with Crippen LogP contribution >= 0.6 is 14.7 Å². The van der Waals surface area contributed by atoms with Crippen LogP contribution in [0.2, 0.25) is 0 Å². The van der Waals surface area contributed by atoms with E-state index in [1.165, 1.54) is 0 Å². The topological polar surface area (TPSA) is 61.8 Å². The van der Waals surface area contributed by atoms with E-state index in [0.717, 1.165) is 12.0 Å². The molecule has 0 aromatic heterocycles. The van der Waals surface area contributed by atoms with Crippen molar-refractivity contribution in [2.75, 3.05) is 19.6 Å². The van der Waals surface area contributed by atoms with E-state index < -0.39 is 14.7 Å². The summed E-state index contributed by atoms with van der Waals surface area (Å²) in [7, 11) is -6.69. The molecule has 170 valence electrons. The second-order valence-corrected chi connectivity index (χ2v) is 11.9. The van der Waals surface area contributed by atoms with E-state index >= 15 is 0 Å².